The summed E-state index contributed by atoms with van der Waals surface area (Å²) in [4.78, 5) is 12.7. The minimum atomic E-state index is -0.363. The number of rotatable bonds is 4. The number of pyridine rings is 1. The molecule has 0 radical (unpaired) electrons. The van der Waals surface area contributed by atoms with Crippen LogP contribution in [0.4, 0.5) is 0 Å². The molecular formula is C17H15ClN2O4. The molecule has 2 heterocycles. The maximum Gasteiger partial charge on any atom is 0.269 e. The van der Waals surface area contributed by atoms with Crippen LogP contribution in [0.15, 0.2) is 23.0 Å². The highest BCUT2D eigenvalue weighted by Gasteiger charge is 2.18. The summed E-state index contributed by atoms with van der Waals surface area (Å²) in [6, 6.07) is 7.18. The van der Waals surface area contributed by atoms with E-state index in [1.54, 1.807) is 18.2 Å². The van der Waals surface area contributed by atoms with Gasteiger partial charge in [-0.05, 0) is 24.6 Å². The third-order valence-electron chi connectivity index (χ3n) is 3.87. The van der Waals surface area contributed by atoms with Gasteiger partial charge in [0.1, 0.15) is 11.6 Å². The van der Waals surface area contributed by atoms with E-state index in [9.17, 15) is 10.1 Å². The molecule has 0 spiro atoms. The van der Waals surface area contributed by atoms with Gasteiger partial charge in [0.25, 0.3) is 5.56 Å². The maximum atomic E-state index is 12.7. The second-order valence-corrected chi connectivity index (χ2v) is 5.83. The largest absolute Gasteiger partial charge is 0.454 e. The Hall–Kier alpha value is -2.49. The van der Waals surface area contributed by atoms with E-state index in [-0.39, 0.29) is 31.1 Å². The molecule has 0 atom stereocenters. The zero-order valence-corrected chi connectivity index (χ0v) is 14.0. The van der Waals surface area contributed by atoms with Crippen molar-refractivity contribution in [2.75, 3.05) is 13.9 Å². The molecular weight excluding hydrogens is 332 g/mol. The molecule has 1 aliphatic rings. The van der Waals surface area contributed by atoms with Gasteiger partial charge in [-0.25, -0.2) is 0 Å². The van der Waals surface area contributed by atoms with Crippen molar-refractivity contribution in [1.29, 1.82) is 5.26 Å². The third kappa shape index (κ3) is 2.84. The lowest BCUT2D eigenvalue weighted by Gasteiger charge is -2.14. The molecule has 124 valence electrons. The first kappa shape index (κ1) is 16.4. The first-order valence-corrected chi connectivity index (χ1v) is 7.63. The van der Waals surface area contributed by atoms with Crippen molar-refractivity contribution in [1.82, 2.24) is 4.57 Å². The highest BCUT2D eigenvalue weighted by molar-refractivity contribution is 6.31. The molecule has 1 aliphatic heterocycles. The molecule has 24 heavy (non-hydrogen) atoms. The quantitative estimate of drug-likeness (QED) is 0.850. The average molecular weight is 347 g/mol. The number of benzene rings is 1. The Bertz CT molecular complexity index is 899. The Balaban J connectivity index is 2.05. The number of methoxy groups -OCH3 is 1. The van der Waals surface area contributed by atoms with Crippen molar-refractivity contribution < 1.29 is 14.2 Å². The van der Waals surface area contributed by atoms with Crippen molar-refractivity contribution in [2.24, 2.45) is 0 Å². The molecule has 6 nitrogen and oxygen atoms in total. The van der Waals surface area contributed by atoms with Crippen molar-refractivity contribution in [2.45, 2.75) is 20.1 Å². The standard InChI is InChI=1S/C17H15ClN2O4/c1-10-3-12(8-22-2)13(6-19)17(21)20(10)7-11-4-15-16(5-14(11)18)24-9-23-15/h3-5H,7-9H2,1-2H3. The van der Waals surface area contributed by atoms with Gasteiger partial charge in [-0.15, -0.1) is 0 Å². The van der Waals surface area contributed by atoms with Crippen molar-refractivity contribution in [3.8, 4) is 17.6 Å². The SMILES string of the molecule is COCc1cc(C)n(Cc2cc3c(cc2Cl)OCO3)c(=O)c1C#N. The number of hydrogen-bond donors (Lipinski definition) is 0. The zero-order chi connectivity index (χ0) is 17.3. The van der Waals surface area contributed by atoms with Gasteiger partial charge in [0.05, 0.1) is 13.2 Å². The van der Waals surface area contributed by atoms with Gasteiger partial charge in [0, 0.05) is 29.5 Å². The molecule has 3 rings (SSSR count). The Labute approximate surface area is 143 Å². The number of halogens is 1. The number of aromatic nitrogens is 1. The molecule has 0 saturated heterocycles. The summed E-state index contributed by atoms with van der Waals surface area (Å²) >= 11 is 6.28. The maximum absolute atomic E-state index is 12.7. The lowest BCUT2D eigenvalue weighted by molar-refractivity contribution is 0.174. The van der Waals surface area contributed by atoms with E-state index in [0.717, 1.165) is 11.3 Å². The first-order chi connectivity index (χ1) is 11.5. The van der Waals surface area contributed by atoms with Gasteiger partial charge in [0.2, 0.25) is 6.79 Å². The Morgan fingerprint density at radius 1 is 1.29 bits per heavy atom. The van der Waals surface area contributed by atoms with Crippen LogP contribution in [0.5, 0.6) is 11.5 Å². The fraction of sp³-hybridized carbons (Fsp3) is 0.294. The van der Waals surface area contributed by atoms with Crippen LogP contribution in [0.2, 0.25) is 5.02 Å². The average Bonchev–Trinajstić information content (AvgIpc) is 2.99. The number of aryl methyl sites for hydroxylation is 1. The number of hydrogen-bond acceptors (Lipinski definition) is 5. The lowest BCUT2D eigenvalue weighted by atomic mass is 10.1. The van der Waals surface area contributed by atoms with Crippen LogP contribution in [-0.4, -0.2) is 18.5 Å². The topological polar surface area (TPSA) is 73.5 Å². The van der Waals surface area contributed by atoms with E-state index in [1.807, 2.05) is 13.0 Å². The third-order valence-corrected chi connectivity index (χ3v) is 4.22. The normalized spacial score (nSPS) is 12.2. The number of nitrogens with zero attached hydrogens (tertiary/aromatic N) is 2. The van der Waals surface area contributed by atoms with Gasteiger partial charge in [-0.2, -0.15) is 5.26 Å². The second-order valence-electron chi connectivity index (χ2n) is 5.42. The smallest absolute Gasteiger partial charge is 0.269 e. The van der Waals surface area contributed by atoms with Gasteiger partial charge < -0.3 is 18.8 Å². The van der Waals surface area contributed by atoms with Crippen LogP contribution in [-0.2, 0) is 17.9 Å². The van der Waals surface area contributed by atoms with Crippen LogP contribution >= 0.6 is 11.6 Å². The molecule has 0 amide bonds. The van der Waals surface area contributed by atoms with Crippen LogP contribution in [0.3, 0.4) is 0 Å². The summed E-state index contributed by atoms with van der Waals surface area (Å²) in [5.41, 5.74) is 1.74. The van der Waals surface area contributed by atoms with Gasteiger partial charge in [-0.3, -0.25) is 4.79 Å². The highest BCUT2D eigenvalue weighted by atomic mass is 35.5. The van der Waals surface area contributed by atoms with E-state index in [4.69, 9.17) is 25.8 Å². The van der Waals surface area contributed by atoms with Crippen LogP contribution in [0.1, 0.15) is 22.4 Å². The predicted octanol–water partition coefficient (Wildman–Crippen LogP) is 2.61. The van der Waals surface area contributed by atoms with E-state index in [1.165, 1.54) is 11.7 Å². The Morgan fingerprint density at radius 3 is 2.67 bits per heavy atom. The summed E-state index contributed by atoms with van der Waals surface area (Å²) in [7, 11) is 1.52. The van der Waals surface area contributed by atoms with Gasteiger partial charge in [0.15, 0.2) is 11.5 Å². The number of fused-ring (bicyclic) bond motifs is 1. The molecule has 0 bridgehead atoms. The lowest BCUT2D eigenvalue weighted by Crippen LogP contribution is -2.27. The van der Waals surface area contributed by atoms with Gasteiger partial charge >= 0.3 is 0 Å². The Morgan fingerprint density at radius 2 is 2.00 bits per heavy atom. The fourth-order valence-corrected chi connectivity index (χ4v) is 2.88. The molecule has 1 aromatic carbocycles. The number of ether oxygens (including phenoxy) is 3. The predicted molar refractivity (Wildman–Crippen MR) is 87.5 cm³/mol. The summed E-state index contributed by atoms with van der Waals surface area (Å²) < 4.78 is 17.2. The second kappa shape index (κ2) is 6.56. The van der Waals surface area contributed by atoms with Crippen LogP contribution < -0.4 is 15.0 Å². The van der Waals surface area contributed by atoms with Crippen LogP contribution in [0, 0.1) is 18.3 Å². The first-order valence-electron chi connectivity index (χ1n) is 7.25. The summed E-state index contributed by atoms with van der Waals surface area (Å²) in [6.07, 6.45) is 0. The summed E-state index contributed by atoms with van der Waals surface area (Å²) in [5.74, 6) is 1.18. The molecule has 7 heteroatoms. The summed E-state index contributed by atoms with van der Waals surface area (Å²) in [5, 5.41) is 9.78. The molecule has 0 saturated carbocycles. The van der Waals surface area contributed by atoms with E-state index < -0.39 is 0 Å². The van der Waals surface area contributed by atoms with Crippen molar-refractivity contribution in [3.63, 3.8) is 0 Å². The minimum Gasteiger partial charge on any atom is -0.454 e. The highest BCUT2D eigenvalue weighted by Crippen LogP contribution is 2.37. The molecule has 0 N–H and O–H groups in total. The molecule has 0 unspecified atom stereocenters. The zero-order valence-electron chi connectivity index (χ0n) is 13.3. The number of nitriles is 1. The molecule has 0 aliphatic carbocycles. The minimum absolute atomic E-state index is 0.0827. The monoisotopic (exact) mass is 346 g/mol. The van der Waals surface area contributed by atoms with Gasteiger partial charge in [-0.1, -0.05) is 11.6 Å². The van der Waals surface area contributed by atoms with Crippen molar-refractivity contribution in [3.05, 3.63) is 56.0 Å². The molecule has 0 fully saturated rings. The molecule has 1 aromatic heterocycles. The van der Waals surface area contributed by atoms with E-state index >= 15 is 0 Å². The summed E-state index contributed by atoms with van der Waals surface area (Å²) in [6.45, 7) is 2.41. The molecule has 2 aromatic rings. The fourth-order valence-electron chi connectivity index (χ4n) is 2.67. The van der Waals surface area contributed by atoms with E-state index in [0.29, 0.717) is 22.1 Å². The van der Waals surface area contributed by atoms with Crippen LogP contribution in [0.25, 0.3) is 0 Å². The van der Waals surface area contributed by atoms with E-state index in [2.05, 4.69) is 0 Å². The van der Waals surface area contributed by atoms with Crippen molar-refractivity contribution >= 4 is 11.6 Å². The Kier molecular flexibility index (Phi) is 4.47.